The van der Waals surface area contributed by atoms with Crippen molar-refractivity contribution in [1.82, 2.24) is 10.3 Å². The molecule has 1 amide bonds. The maximum absolute atomic E-state index is 11.5. The Kier molecular flexibility index (Phi) is 4.00. The van der Waals surface area contributed by atoms with Gasteiger partial charge in [-0.25, -0.2) is 4.79 Å². The molecular weight excluding hydrogens is 228 g/mol. The minimum Gasteiger partial charge on any atom is -0.480 e. The summed E-state index contributed by atoms with van der Waals surface area (Å²) in [5.41, 5.74) is -0.219. The fourth-order valence-corrected chi connectivity index (χ4v) is 1.17. The number of aryl methyl sites for hydroxylation is 1. The highest BCUT2D eigenvalue weighted by Gasteiger charge is 2.20. The smallest absolute Gasteiger partial charge is 0.328 e. The van der Waals surface area contributed by atoms with E-state index in [1.165, 1.54) is 12.1 Å². The van der Waals surface area contributed by atoms with Crippen molar-refractivity contribution in [3.05, 3.63) is 33.7 Å². The molecule has 7 nitrogen and oxygen atoms in total. The summed E-state index contributed by atoms with van der Waals surface area (Å²) in [6.07, 6.45) is 0. The largest absolute Gasteiger partial charge is 0.480 e. The first-order valence-electron chi connectivity index (χ1n) is 4.80. The minimum absolute atomic E-state index is 0.199. The van der Waals surface area contributed by atoms with Gasteiger partial charge in [0.1, 0.15) is 5.56 Å². The maximum Gasteiger partial charge on any atom is 0.328 e. The average Bonchev–Trinajstić information content (AvgIpc) is 2.24. The number of carboxylic acids is 1. The lowest BCUT2D eigenvalue weighted by Crippen LogP contribution is -2.44. The first-order valence-corrected chi connectivity index (χ1v) is 4.80. The van der Waals surface area contributed by atoms with Crippen molar-refractivity contribution in [2.75, 3.05) is 6.61 Å². The zero-order chi connectivity index (χ0) is 13.0. The van der Waals surface area contributed by atoms with Crippen molar-refractivity contribution in [3.63, 3.8) is 0 Å². The SMILES string of the molecule is Cc1ccc(C(=O)NC(CO)C(=O)O)c(=O)[nH]1. The Morgan fingerprint density at radius 1 is 1.47 bits per heavy atom. The van der Waals surface area contributed by atoms with E-state index in [2.05, 4.69) is 4.98 Å². The fraction of sp³-hybridized carbons (Fsp3) is 0.300. The predicted molar refractivity (Wildman–Crippen MR) is 57.8 cm³/mol. The van der Waals surface area contributed by atoms with E-state index < -0.39 is 30.1 Å². The number of aliphatic hydroxyl groups is 1. The summed E-state index contributed by atoms with van der Waals surface area (Å²) < 4.78 is 0. The van der Waals surface area contributed by atoms with Crippen LogP contribution in [0.5, 0.6) is 0 Å². The first kappa shape index (κ1) is 12.9. The van der Waals surface area contributed by atoms with Gasteiger partial charge in [0.05, 0.1) is 6.61 Å². The lowest BCUT2D eigenvalue weighted by atomic mass is 10.2. The van der Waals surface area contributed by atoms with Crippen LogP contribution in [0.4, 0.5) is 0 Å². The number of nitrogens with one attached hydrogen (secondary N) is 2. The van der Waals surface area contributed by atoms with Gasteiger partial charge in [0.25, 0.3) is 11.5 Å². The number of carbonyl (C=O) groups excluding carboxylic acids is 1. The number of aliphatic hydroxyl groups excluding tert-OH is 1. The van der Waals surface area contributed by atoms with Gasteiger partial charge in [-0.3, -0.25) is 9.59 Å². The standard InChI is InChI=1S/C10H12N2O5/c1-5-2-3-6(8(14)11-5)9(15)12-7(4-13)10(16)17/h2-3,7,13H,4H2,1H3,(H,11,14)(H,12,15)(H,16,17). The number of hydrogen-bond donors (Lipinski definition) is 4. The summed E-state index contributed by atoms with van der Waals surface area (Å²) in [5.74, 6) is -2.21. The molecule has 0 spiro atoms. The summed E-state index contributed by atoms with van der Waals surface area (Å²) in [6, 6.07) is 1.38. The van der Waals surface area contributed by atoms with E-state index in [9.17, 15) is 14.4 Å². The molecule has 0 aromatic carbocycles. The van der Waals surface area contributed by atoms with Crippen LogP contribution in [0.15, 0.2) is 16.9 Å². The molecule has 0 saturated heterocycles. The highest BCUT2D eigenvalue weighted by molar-refractivity contribution is 5.96. The lowest BCUT2D eigenvalue weighted by molar-refractivity contribution is -0.140. The second-order valence-electron chi connectivity index (χ2n) is 3.43. The Labute approximate surface area is 96.1 Å². The van der Waals surface area contributed by atoms with Gasteiger partial charge in [0.2, 0.25) is 0 Å². The molecule has 7 heteroatoms. The number of hydrogen-bond acceptors (Lipinski definition) is 4. The van der Waals surface area contributed by atoms with Gasteiger partial charge in [0, 0.05) is 5.69 Å². The fourth-order valence-electron chi connectivity index (χ4n) is 1.17. The predicted octanol–water partition coefficient (Wildman–Crippen LogP) is -1.14. The number of carbonyl (C=O) groups is 2. The second-order valence-corrected chi connectivity index (χ2v) is 3.43. The van der Waals surface area contributed by atoms with Crippen LogP contribution < -0.4 is 10.9 Å². The summed E-state index contributed by atoms with van der Waals surface area (Å²) in [5, 5.41) is 19.4. The van der Waals surface area contributed by atoms with E-state index in [-0.39, 0.29) is 5.56 Å². The number of rotatable bonds is 4. The van der Waals surface area contributed by atoms with E-state index >= 15 is 0 Å². The Bertz CT molecular complexity index is 494. The Balaban J connectivity index is 2.90. The molecule has 0 bridgehead atoms. The Morgan fingerprint density at radius 2 is 2.12 bits per heavy atom. The molecule has 0 aliphatic heterocycles. The van der Waals surface area contributed by atoms with Crippen LogP contribution in [0.3, 0.4) is 0 Å². The highest BCUT2D eigenvalue weighted by atomic mass is 16.4. The van der Waals surface area contributed by atoms with Crippen molar-refractivity contribution in [3.8, 4) is 0 Å². The van der Waals surface area contributed by atoms with E-state index in [0.29, 0.717) is 5.69 Å². The third kappa shape index (κ3) is 3.15. The number of carboxylic acid groups (broad SMARTS) is 1. The zero-order valence-corrected chi connectivity index (χ0v) is 9.06. The third-order valence-corrected chi connectivity index (χ3v) is 2.09. The van der Waals surface area contributed by atoms with Crippen molar-refractivity contribution < 1.29 is 19.8 Å². The topological polar surface area (TPSA) is 119 Å². The van der Waals surface area contributed by atoms with Crippen LogP contribution >= 0.6 is 0 Å². The molecule has 1 atom stereocenters. The molecule has 92 valence electrons. The molecule has 0 fully saturated rings. The van der Waals surface area contributed by atoms with Gasteiger partial charge in [0.15, 0.2) is 6.04 Å². The highest BCUT2D eigenvalue weighted by Crippen LogP contribution is 1.95. The van der Waals surface area contributed by atoms with Crippen LogP contribution in [0.25, 0.3) is 0 Å². The number of aromatic nitrogens is 1. The monoisotopic (exact) mass is 240 g/mol. The van der Waals surface area contributed by atoms with E-state index in [1.54, 1.807) is 6.92 Å². The van der Waals surface area contributed by atoms with Crippen LogP contribution in [0.1, 0.15) is 16.1 Å². The molecule has 0 radical (unpaired) electrons. The second kappa shape index (κ2) is 5.26. The van der Waals surface area contributed by atoms with E-state index in [0.717, 1.165) is 0 Å². The lowest BCUT2D eigenvalue weighted by Gasteiger charge is -2.11. The van der Waals surface area contributed by atoms with Gasteiger partial charge in [-0.05, 0) is 19.1 Å². The molecule has 1 rings (SSSR count). The van der Waals surface area contributed by atoms with Crippen molar-refractivity contribution >= 4 is 11.9 Å². The summed E-state index contributed by atoms with van der Waals surface area (Å²) in [6.45, 7) is 0.904. The zero-order valence-electron chi connectivity index (χ0n) is 9.06. The third-order valence-electron chi connectivity index (χ3n) is 2.09. The van der Waals surface area contributed by atoms with Crippen molar-refractivity contribution in [2.24, 2.45) is 0 Å². The Hall–Kier alpha value is -2.15. The minimum atomic E-state index is -1.43. The van der Waals surface area contributed by atoms with E-state index in [4.69, 9.17) is 10.2 Å². The molecule has 0 saturated carbocycles. The van der Waals surface area contributed by atoms with Crippen LogP contribution in [-0.2, 0) is 4.79 Å². The van der Waals surface area contributed by atoms with Gasteiger partial charge in [-0.1, -0.05) is 0 Å². The molecule has 1 aromatic heterocycles. The van der Waals surface area contributed by atoms with Crippen LogP contribution in [0.2, 0.25) is 0 Å². The molecule has 4 N–H and O–H groups in total. The average molecular weight is 240 g/mol. The molecule has 1 heterocycles. The maximum atomic E-state index is 11.5. The summed E-state index contributed by atoms with van der Waals surface area (Å²) in [4.78, 5) is 35.9. The van der Waals surface area contributed by atoms with E-state index in [1.807, 2.05) is 5.32 Å². The van der Waals surface area contributed by atoms with Gasteiger partial charge in [-0.2, -0.15) is 0 Å². The van der Waals surface area contributed by atoms with Crippen LogP contribution in [0, 0.1) is 6.92 Å². The first-order chi connectivity index (χ1) is 7.95. The summed E-state index contributed by atoms with van der Waals surface area (Å²) in [7, 11) is 0. The molecule has 1 unspecified atom stereocenters. The van der Waals surface area contributed by atoms with Crippen molar-refractivity contribution in [1.29, 1.82) is 0 Å². The Morgan fingerprint density at radius 3 is 2.59 bits per heavy atom. The summed E-state index contributed by atoms with van der Waals surface area (Å²) >= 11 is 0. The number of amides is 1. The molecule has 17 heavy (non-hydrogen) atoms. The molecule has 0 aliphatic carbocycles. The molecular formula is C10H12N2O5. The number of aliphatic carboxylic acids is 1. The quantitative estimate of drug-likeness (QED) is 0.530. The van der Waals surface area contributed by atoms with Gasteiger partial charge >= 0.3 is 5.97 Å². The number of aromatic amines is 1. The van der Waals surface area contributed by atoms with Gasteiger partial charge in [-0.15, -0.1) is 0 Å². The number of H-pyrrole nitrogens is 1. The van der Waals surface area contributed by atoms with Crippen LogP contribution in [-0.4, -0.2) is 39.7 Å². The number of pyridine rings is 1. The van der Waals surface area contributed by atoms with Crippen molar-refractivity contribution in [2.45, 2.75) is 13.0 Å². The normalized spacial score (nSPS) is 11.9. The van der Waals surface area contributed by atoms with Gasteiger partial charge < -0.3 is 20.5 Å². The molecule has 1 aromatic rings. The molecule has 0 aliphatic rings.